The molecule has 4 nitrogen and oxygen atoms in total. The quantitative estimate of drug-likeness (QED) is 0.868. The molecule has 0 bridgehead atoms. The average Bonchev–Trinajstić information content (AvgIpc) is 2.47. The summed E-state index contributed by atoms with van der Waals surface area (Å²) in [6, 6.07) is 8.63. The van der Waals surface area contributed by atoms with Gasteiger partial charge in [-0.2, -0.15) is 0 Å². The number of aliphatic hydroxyl groups is 1. The Labute approximate surface area is 115 Å². The first-order valence-electron chi connectivity index (χ1n) is 7.01. The summed E-state index contributed by atoms with van der Waals surface area (Å²) in [5, 5.41) is 9.29. The van der Waals surface area contributed by atoms with E-state index in [-0.39, 0.29) is 18.8 Å². The second-order valence-electron chi connectivity index (χ2n) is 5.21. The van der Waals surface area contributed by atoms with Crippen molar-refractivity contribution in [3.05, 3.63) is 29.8 Å². The van der Waals surface area contributed by atoms with E-state index in [1.165, 1.54) is 11.3 Å². The maximum atomic E-state index is 9.29. The lowest BCUT2D eigenvalue weighted by Gasteiger charge is -2.40. The summed E-state index contributed by atoms with van der Waals surface area (Å²) in [7, 11) is 0. The summed E-state index contributed by atoms with van der Waals surface area (Å²) in [6.45, 7) is 5.65. The number of morpholine rings is 1. The van der Waals surface area contributed by atoms with Crippen LogP contribution in [0.1, 0.15) is 31.9 Å². The Morgan fingerprint density at radius 2 is 2.21 bits per heavy atom. The topological polar surface area (TPSA) is 58.7 Å². The summed E-state index contributed by atoms with van der Waals surface area (Å²) < 4.78 is 5.59. The highest BCUT2D eigenvalue weighted by atomic mass is 16.5. The lowest BCUT2D eigenvalue weighted by atomic mass is 10.0. The Balaban J connectivity index is 2.29. The third kappa shape index (κ3) is 3.08. The Morgan fingerprint density at radius 1 is 1.47 bits per heavy atom. The predicted octanol–water partition coefficient (Wildman–Crippen LogP) is 1.68. The van der Waals surface area contributed by atoms with E-state index in [1.54, 1.807) is 0 Å². The molecule has 4 heteroatoms. The van der Waals surface area contributed by atoms with Crippen molar-refractivity contribution in [1.29, 1.82) is 0 Å². The standard InChI is InChI=1S/C15H24N2O2/c1-3-14(16)13-6-4-5-7-15(13)17-8-12(9-18)19-10-11(17)2/h4-7,11-12,14,18H,3,8-10,16H2,1-2H3/t11?,12?,14-/m0/s1. The van der Waals surface area contributed by atoms with Crippen molar-refractivity contribution >= 4 is 5.69 Å². The van der Waals surface area contributed by atoms with Crippen LogP contribution in [0.2, 0.25) is 0 Å². The highest BCUT2D eigenvalue weighted by Gasteiger charge is 2.27. The van der Waals surface area contributed by atoms with Gasteiger partial charge in [0.05, 0.1) is 19.3 Å². The number of nitrogens with zero attached hydrogens (tertiary/aromatic N) is 1. The average molecular weight is 264 g/mol. The van der Waals surface area contributed by atoms with Crippen LogP contribution in [0.5, 0.6) is 0 Å². The van der Waals surface area contributed by atoms with Crippen molar-refractivity contribution in [3.63, 3.8) is 0 Å². The SMILES string of the molecule is CC[C@H](N)c1ccccc1N1CC(CO)OCC1C. The fourth-order valence-electron chi connectivity index (χ4n) is 2.55. The molecule has 0 spiro atoms. The van der Waals surface area contributed by atoms with Crippen LogP contribution >= 0.6 is 0 Å². The van der Waals surface area contributed by atoms with Crippen molar-refractivity contribution in [2.24, 2.45) is 5.73 Å². The molecule has 1 aliphatic rings. The van der Waals surface area contributed by atoms with Gasteiger partial charge < -0.3 is 20.5 Å². The van der Waals surface area contributed by atoms with Gasteiger partial charge in [-0.1, -0.05) is 25.1 Å². The van der Waals surface area contributed by atoms with Crippen molar-refractivity contribution < 1.29 is 9.84 Å². The number of rotatable bonds is 4. The summed E-state index contributed by atoms with van der Waals surface area (Å²) >= 11 is 0. The second kappa shape index (κ2) is 6.37. The maximum Gasteiger partial charge on any atom is 0.0981 e. The molecule has 106 valence electrons. The van der Waals surface area contributed by atoms with E-state index in [4.69, 9.17) is 10.5 Å². The minimum absolute atomic E-state index is 0.0545. The highest BCUT2D eigenvalue weighted by Crippen LogP contribution is 2.30. The molecule has 1 aromatic rings. The first-order chi connectivity index (χ1) is 9.17. The molecule has 0 amide bonds. The van der Waals surface area contributed by atoms with Crippen LogP contribution in [0.4, 0.5) is 5.69 Å². The number of para-hydroxylation sites is 1. The van der Waals surface area contributed by atoms with E-state index in [2.05, 4.69) is 30.9 Å². The number of hydrogen-bond donors (Lipinski definition) is 2. The van der Waals surface area contributed by atoms with Gasteiger partial charge in [-0.25, -0.2) is 0 Å². The molecule has 1 saturated heterocycles. The van der Waals surface area contributed by atoms with Crippen LogP contribution in [-0.4, -0.2) is 37.0 Å². The van der Waals surface area contributed by atoms with E-state index in [0.29, 0.717) is 19.2 Å². The van der Waals surface area contributed by atoms with E-state index in [9.17, 15) is 5.11 Å². The normalized spacial score (nSPS) is 25.4. The van der Waals surface area contributed by atoms with Gasteiger partial charge in [0.25, 0.3) is 0 Å². The Hall–Kier alpha value is -1.10. The molecule has 0 radical (unpaired) electrons. The molecular weight excluding hydrogens is 240 g/mol. The summed E-state index contributed by atoms with van der Waals surface area (Å²) in [4.78, 5) is 2.30. The van der Waals surface area contributed by atoms with Crippen LogP contribution in [0.25, 0.3) is 0 Å². The third-order valence-corrected chi connectivity index (χ3v) is 3.79. The van der Waals surface area contributed by atoms with E-state index in [1.807, 2.05) is 12.1 Å². The van der Waals surface area contributed by atoms with E-state index < -0.39 is 0 Å². The lowest BCUT2D eigenvalue weighted by molar-refractivity contribution is -0.0103. The van der Waals surface area contributed by atoms with Gasteiger partial charge in [0.15, 0.2) is 0 Å². The monoisotopic (exact) mass is 264 g/mol. The van der Waals surface area contributed by atoms with Gasteiger partial charge in [-0.3, -0.25) is 0 Å². The largest absolute Gasteiger partial charge is 0.394 e. The Bertz CT molecular complexity index is 411. The predicted molar refractivity (Wildman–Crippen MR) is 77.3 cm³/mol. The first-order valence-corrected chi connectivity index (χ1v) is 7.01. The van der Waals surface area contributed by atoms with Crippen molar-refractivity contribution in [2.45, 2.75) is 38.5 Å². The smallest absolute Gasteiger partial charge is 0.0981 e. The van der Waals surface area contributed by atoms with Gasteiger partial charge in [0.2, 0.25) is 0 Å². The minimum atomic E-state index is -0.109. The van der Waals surface area contributed by atoms with Crippen LogP contribution in [0.3, 0.4) is 0 Å². The Morgan fingerprint density at radius 3 is 2.89 bits per heavy atom. The van der Waals surface area contributed by atoms with Crippen molar-refractivity contribution in [1.82, 2.24) is 0 Å². The molecule has 2 rings (SSSR count). The molecule has 0 aliphatic carbocycles. The molecule has 1 aliphatic heterocycles. The fraction of sp³-hybridized carbons (Fsp3) is 0.600. The fourth-order valence-corrected chi connectivity index (χ4v) is 2.55. The van der Waals surface area contributed by atoms with Gasteiger partial charge in [0.1, 0.15) is 0 Å². The number of hydrogen-bond acceptors (Lipinski definition) is 4. The molecule has 1 aromatic carbocycles. The molecular formula is C15H24N2O2. The maximum absolute atomic E-state index is 9.29. The van der Waals surface area contributed by atoms with Gasteiger partial charge in [-0.15, -0.1) is 0 Å². The zero-order valence-electron chi connectivity index (χ0n) is 11.7. The molecule has 3 atom stereocenters. The van der Waals surface area contributed by atoms with Crippen LogP contribution in [-0.2, 0) is 4.74 Å². The van der Waals surface area contributed by atoms with Crippen LogP contribution < -0.4 is 10.6 Å². The van der Waals surface area contributed by atoms with E-state index in [0.717, 1.165) is 6.42 Å². The zero-order chi connectivity index (χ0) is 13.8. The second-order valence-corrected chi connectivity index (χ2v) is 5.21. The van der Waals surface area contributed by atoms with Gasteiger partial charge >= 0.3 is 0 Å². The lowest BCUT2D eigenvalue weighted by Crippen LogP contribution is -2.50. The number of anilines is 1. The van der Waals surface area contributed by atoms with Crippen molar-refractivity contribution in [2.75, 3.05) is 24.7 Å². The molecule has 0 aromatic heterocycles. The summed E-state index contributed by atoms with van der Waals surface area (Å²) in [5.74, 6) is 0. The molecule has 2 unspecified atom stereocenters. The first kappa shape index (κ1) is 14.3. The van der Waals surface area contributed by atoms with Gasteiger partial charge in [0, 0.05) is 24.3 Å². The number of benzene rings is 1. The Kier molecular flexibility index (Phi) is 4.80. The number of nitrogens with two attached hydrogens (primary N) is 1. The molecule has 3 N–H and O–H groups in total. The van der Waals surface area contributed by atoms with Crippen LogP contribution in [0, 0.1) is 0 Å². The molecule has 19 heavy (non-hydrogen) atoms. The number of ether oxygens (including phenoxy) is 1. The van der Waals surface area contributed by atoms with Crippen molar-refractivity contribution in [3.8, 4) is 0 Å². The summed E-state index contributed by atoms with van der Waals surface area (Å²) in [5.41, 5.74) is 8.56. The molecule has 0 saturated carbocycles. The minimum Gasteiger partial charge on any atom is -0.394 e. The number of aliphatic hydroxyl groups excluding tert-OH is 1. The zero-order valence-corrected chi connectivity index (χ0v) is 11.7. The molecule has 1 heterocycles. The third-order valence-electron chi connectivity index (χ3n) is 3.79. The van der Waals surface area contributed by atoms with Gasteiger partial charge in [-0.05, 0) is 25.0 Å². The molecule has 1 fully saturated rings. The highest BCUT2D eigenvalue weighted by molar-refractivity contribution is 5.56. The van der Waals surface area contributed by atoms with E-state index >= 15 is 0 Å². The van der Waals surface area contributed by atoms with Crippen LogP contribution in [0.15, 0.2) is 24.3 Å². The summed E-state index contributed by atoms with van der Waals surface area (Å²) in [6.07, 6.45) is 0.807.